The van der Waals surface area contributed by atoms with E-state index in [-0.39, 0.29) is 25.7 Å². The van der Waals surface area contributed by atoms with Crippen molar-refractivity contribution in [3.05, 3.63) is 24.3 Å². The molecule has 0 radical (unpaired) electrons. The third-order valence-electron chi connectivity index (χ3n) is 23.8. The molecule has 3 aliphatic rings. The summed E-state index contributed by atoms with van der Waals surface area (Å²) >= 11 is 0. The van der Waals surface area contributed by atoms with Gasteiger partial charge < -0.3 is 88.7 Å². The van der Waals surface area contributed by atoms with Gasteiger partial charge in [0.25, 0.3) is 0 Å². The minimum Gasteiger partial charge on any atom is -0.463 e. The second-order valence-electron chi connectivity index (χ2n) is 34.9. The van der Waals surface area contributed by atoms with E-state index in [0.717, 1.165) is 167 Å². The third kappa shape index (κ3) is 51.7. The number of hydrogen-bond acceptors (Lipinski definition) is 24. The summed E-state index contributed by atoms with van der Waals surface area (Å²) in [5, 5.41) is 102. The zero-order chi connectivity index (χ0) is 87.6. The lowest BCUT2D eigenvalue weighted by molar-refractivity contribution is -0.360. The molecule has 704 valence electrons. The van der Waals surface area contributed by atoms with Crippen LogP contribution in [-0.2, 0) is 70.7 Å². The molecule has 1 saturated carbocycles. The molecule has 0 amide bonds. The number of unbranched alkanes of at least 4 members (excludes halogenated alkanes) is 46. The molecule has 0 spiro atoms. The lowest BCUT2D eigenvalue weighted by Gasteiger charge is -2.50. The molecule has 0 aromatic rings. The van der Waals surface area contributed by atoms with Crippen LogP contribution in [0.5, 0.6) is 0 Å². The van der Waals surface area contributed by atoms with Gasteiger partial charge in [-0.05, 0) is 83.0 Å². The van der Waals surface area contributed by atoms with Gasteiger partial charge in [0.1, 0.15) is 92.6 Å². The van der Waals surface area contributed by atoms with E-state index in [4.69, 9.17) is 46.9 Å². The van der Waals surface area contributed by atoms with Crippen LogP contribution in [0.1, 0.15) is 413 Å². The number of rotatable bonds is 78. The predicted octanol–water partition coefficient (Wildman–Crippen LogP) is 18.4. The van der Waals surface area contributed by atoms with Gasteiger partial charge in [0.05, 0.1) is 13.2 Å². The third-order valence-corrected chi connectivity index (χ3v) is 24.8. The molecule has 0 bridgehead atoms. The summed E-state index contributed by atoms with van der Waals surface area (Å²) in [6.07, 6.45) is 31.5. The Balaban J connectivity index is 1.92. The highest BCUT2D eigenvalue weighted by molar-refractivity contribution is 7.47. The number of phosphoric acid groups is 1. The van der Waals surface area contributed by atoms with E-state index in [1.807, 2.05) is 0 Å². The molecule has 0 aromatic carbocycles. The largest absolute Gasteiger partial charge is 0.472 e. The highest BCUT2D eigenvalue weighted by Gasteiger charge is 2.60. The molecule has 2 saturated heterocycles. The number of ether oxygens (including phenoxy) is 8. The second-order valence-corrected chi connectivity index (χ2v) is 36.3. The summed E-state index contributed by atoms with van der Waals surface area (Å²) in [5.74, 6) is -2.30. The molecule has 2 aliphatic heterocycles. The van der Waals surface area contributed by atoms with Gasteiger partial charge in [0.2, 0.25) is 0 Å². The minimum absolute atomic E-state index is 0.00957. The van der Waals surface area contributed by atoms with Crippen molar-refractivity contribution in [3.63, 3.8) is 0 Å². The van der Waals surface area contributed by atoms with Crippen molar-refractivity contribution in [2.75, 3.05) is 26.4 Å². The molecule has 19 unspecified atom stereocenters. The van der Waals surface area contributed by atoms with Crippen LogP contribution in [0.2, 0.25) is 0 Å². The van der Waals surface area contributed by atoms with Crippen molar-refractivity contribution in [1.29, 1.82) is 0 Å². The summed E-state index contributed by atoms with van der Waals surface area (Å²) in [5.41, 5.74) is 0. The molecule has 1 aliphatic carbocycles. The first kappa shape index (κ1) is 111. The number of esters is 4. The van der Waals surface area contributed by atoms with Gasteiger partial charge >= 0.3 is 31.7 Å². The van der Waals surface area contributed by atoms with Gasteiger partial charge in [-0.2, -0.15) is 0 Å². The van der Waals surface area contributed by atoms with Crippen molar-refractivity contribution in [1.82, 2.24) is 0 Å². The fourth-order valence-electron chi connectivity index (χ4n) is 16.0. The van der Waals surface area contributed by atoms with E-state index in [0.29, 0.717) is 38.0 Å². The van der Waals surface area contributed by atoms with Crippen molar-refractivity contribution in [3.8, 4) is 0 Å². The maximum Gasteiger partial charge on any atom is 0.472 e. The fourth-order valence-corrected chi connectivity index (χ4v) is 17.0. The molecule has 19 atom stereocenters. The Morgan fingerprint density at radius 1 is 0.350 bits per heavy atom. The van der Waals surface area contributed by atoms with Gasteiger partial charge in [-0.25, -0.2) is 4.57 Å². The summed E-state index contributed by atoms with van der Waals surface area (Å²) in [7, 11) is -5.81. The van der Waals surface area contributed by atoms with Crippen LogP contribution in [0, 0.1) is 5.92 Å². The molecule has 3 fully saturated rings. The van der Waals surface area contributed by atoms with Crippen molar-refractivity contribution >= 4 is 31.7 Å². The van der Waals surface area contributed by atoms with Crippen LogP contribution in [0.25, 0.3) is 0 Å². The van der Waals surface area contributed by atoms with Crippen LogP contribution in [0.15, 0.2) is 24.3 Å². The molecule has 120 heavy (non-hydrogen) atoms. The zero-order valence-electron chi connectivity index (χ0n) is 75.3. The molecule has 26 heteroatoms. The zero-order valence-corrected chi connectivity index (χ0v) is 76.2. The van der Waals surface area contributed by atoms with E-state index < -0.39 is 162 Å². The molecular formula is C94H173O25P. The van der Waals surface area contributed by atoms with Gasteiger partial charge in [-0.3, -0.25) is 28.2 Å². The van der Waals surface area contributed by atoms with Gasteiger partial charge in [0, 0.05) is 25.7 Å². The Hall–Kier alpha value is -3.05. The summed E-state index contributed by atoms with van der Waals surface area (Å²) < 4.78 is 73.6. The van der Waals surface area contributed by atoms with E-state index in [1.54, 1.807) is 0 Å². The number of allylic oxidation sites excluding steroid dienone is 4. The quantitative estimate of drug-likeness (QED) is 0.00889. The van der Waals surface area contributed by atoms with Gasteiger partial charge in [-0.15, -0.1) is 0 Å². The first-order valence-electron chi connectivity index (χ1n) is 48.5. The predicted molar refractivity (Wildman–Crippen MR) is 467 cm³/mol. The Bertz CT molecular complexity index is 2600. The van der Waals surface area contributed by atoms with E-state index in [2.05, 4.69) is 58.9 Å². The number of carbonyl (C=O) groups is 4. The highest BCUT2D eigenvalue weighted by Crippen LogP contribution is 2.49. The standard InChI is InChI=1S/C94H173O25P/c1-6-10-14-18-22-25-28-31-34-37-40-43-46-53-59-65-77(96)110-70-74(113-79(98)67-61-56-50-49-52-58-64-73(5)63-57-51-21-17-13-9-4)71-112-120(108,109)119-92-90(117-93-87(106)83(102)81(100)75(69-95)114-93)86(105)85(104)89(116-80(99)68-62-55-48-45-42-39-36-33-30-27-24-20-16-12-8-3)91(92)118-94-88(107)84(103)82(101)76(115-94)72-111-78(97)66-60-54-47-44-41-38-35-32-29-26-23-19-15-11-7-2/h25-26,28-29,73-76,81-95,100-107H,6-24,27,30-72H2,1-5H3,(H,108,109)/b28-25-,29-26-. The van der Waals surface area contributed by atoms with Crippen LogP contribution < -0.4 is 0 Å². The normalized spacial score (nSPS) is 25.1. The lowest BCUT2D eigenvalue weighted by atomic mass is 9.84. The first-order chi connectivity index (χ1) is 58.1. The Morgan fingerprint density at radius 2 is 0.675 bits per heavy atom. The topological polar surface area (TPSA) is 380 Å². The van der Waals surface area contributed by atoms with Crippen molar-refractivity contribution in [2.45, 2.75) is 518 Å². The van der Waals surface area contributed by atoms with E-state index in [9.17, 15) is 74.6 Å². The molecular weight excluding hydrogens is 1560 g/mol. The highest BCUT2D eigenvalue weighted by atomic mass is 31.2. The van der Waals surface area contributed by atoms with Gasteiger partial charge in [-0.1, -0.05) is 335 Å². The first-order valence-corrected chi connectivity index (χ1v) is 50.0. The van der Waals surface area contributed by atoms with Crippen LogP contribution in [0.3, 0.4) is 0 Å². The molecule has 25 nitrogen and oxygen atoms in total. The fraction of sp³-hybridized carbons (Fsp3) is 0.915. The summed E-state index contributed by atoms with van der Waals surface area (Å²) in [6, 6.07) is 0. The SMILES string of the molecule is CCCCCC/C=C\CCCCCCCCCC(=O)OCC(COP(=O)(O)OC1C(OC2OC(CO)C(O)C(O)C2O)C(O)C(O)C(OC(=O)CCCCCCCCCCCCCCCCC)C1OC1OC(COC(=O)CCCCCCCCC/C=C\CCCCCC)C(O)C(O)C1O)OC(=O)CCCCCCCCC(C)CCCCCCCC. The molecule has 10 N–H and O–H groups in total. The maximum absolute atomic E-state index is 14.9. The summed E-state index contributed by atoms with van der Waals surface area (Å²) in [4.78, 5) is 66.6. The van der Waals surface area contributed by atoms with Crippen LogP contribution in [-0.4, -0.2) is 205 Å². The second kappa shape index (κ2) is 71.9. The maximum atomic E-state index is 14.9. The van der Waals surface area contributed by atoms with Crippen LogP contribution >= 0.6 is 7.82 Å². The number of phosphoric ester groups is 1. The summed E-state index contributed by atoms with van der Waals surface area (Å²) in [6.45, 7) is 7.92. The van der Waals surface area contributed by atoms with Crippen molar-refractivity contribution < 1.29 is 122 Å². The molecule has 3 rings (SSSR count). The van der Waals surface area contributed by atoms with E-state index in [1.165, 1.54) is 154 Å². The van der Waals surface area contributed by atoms with Crippen LogP contribution in [0.4, 0.5) is 0 Å². The number of hydrogen-bond donors (Lipinski definition) is 10. The molecule has 2 heterocycles. The Morgan fingerprint density at radius 3 is 1.08 bits per heavy atom. The lowest BCUT2D eigenvalue weighted by Crippen LogP contribution is -2.70. The van der Waals surface area contributed by atoms with Gasteiger partial charge in [0.15, 0.2) is 24.8 Å². The average molecular weight is 1730 g/mol. The number of aliphatic hydroxyl groups is 9. The minimum atomic E-state index is -5.81. The number of carbonyl (C=O) groups excluding carboxylic acids is 4. The van der Waals surface area contributed by atoms with E-state index >= 15 is 0 Å². The average Bonchev–Trinajstić information content (AvgIpc) is 0.753. The smallest absolute Gasteiger partial charge is 0.463 e. The Kier molecular flexibility index (Phi) is 66.6. The Labute approximate surface area is 724 Å². The monoisotopic (exact) mass is 1730 g/mol. The molecule has 0 aromatic heterocycles. The van der Waals surface area contributed by atoms with Crippen molar-refractivity contribution in [2.24, 2.45) is 5.92 Å². The number of aliphatic hydroxyl groups excluding tert-OH is 9.